The van der Waals surface area contributed by atoms with E-state index >= 15 is 0 Å². The van der Waals surface area contributed by atoms with E-state index in [-0.39, 0.29) is 9.41 Å². The fourth-order valence-electron chi connectivity index (χ4n) is 6.60. The van der Waals surface area contributed by atoms with Gasteiger partial charge in [-0.05, 0) is 72.3 Å². The van der Waals surface area contributed by atoms with Gasteiger partial charge in [0.2, 0.25) is 0 Å². The minimum absolute atomic E-state index is 0. The average Bonchev–Trinajstić information content (AvgIpc) is 2.87. The highest BCUT2D eigenvalue weighted by molar-refractivity contribution is 5.48. The first kappa shape index (κ1) is 40.7. The van der Waals surface area contributed by atoms with Crippen LogP contribution in [-0.4, -0.2) is 0 Å². The number of unbranched alkanes of at least 4 members (excludes halogenated alkanes) is 1. The lowest BCUT2D eigenvalue weighted by molar-refractivity contribution is 0.330. The second kappa shape index (κ2) is 22.2. The van der Waals surface area contributed by atoms with Gasteiger partial charge in [-0.1, -0.05) is 156 Å². The van der Waals surface area contributed by atoms with Crippen LogP contribution in [0.5, 0.6) is 0 Å². The van der Waals surface area contributed by atoms with Gasteiger partial charge in [0.25, 0.3) is 0 Å². The molecule has 0 saturated carbocycles. The van der Waals surface area contributed by atoms with Crippen LogP contribution in [0.2, 0.25) is 0 Å². The summed E-state index contributed by atoms with van der Waals surface area (Å²) in [7, 11) is 0. The summed E-state index contributed by atoms with van der Waals surface area (Å²) in [4.78, 5) is 0. The van der Waals surface area contributed by atoms with Gasteiger partial charge in [0.15, 0.2) is 0 Å². The quantitative estimate of drug-likeness (QED) is 0.188. The third-order valence-electron chi connectivity index (χ3n) is 8.13. The van der Waals surface area contributed by atoms with E-state index in [4.69, 9.17) is 0 Å². The molecule has 3 atom stereocenters. The molecule has 3 unspecified atom stereocenters. The van der Waals surface area contributed by atoms with Crippen molar-refractivity contribution in [2.75, 3.05) is 0 Å². The van der Waals surface area contributed by atoms with Crippen molar-refractivity contribution >= 4 is 0 Å². The minimum atomic E-state index is 0. The maximum atomic E-state index is 2.67. The van der Waals surface area contributed by atoms with Gasteiger partial charge in [-0.15, -0.1) is 0 Å². The van der Waals surface area contributed by atoms with Crippen molar-refractivity contribution in [1.29, 1.82) is 0 Å². The van der Waals surface area contributed by atoms with E-state index in [2.05, 4.69) is 105 Å². The van der Waals surface area contributed by atoms with E-state index in [0.717, 1.165) is 23.7 Å². The Balaban J connectivity index is 0. The predicted octanol–water partition coefficient (Wildman–Crippen LogP) is 13.0. The van der Waals surface area contributed by atoms with Gasteiger partial charge in [-0.2, -0.15) is 0 Å². The Morgan fingerprint density at radius 3 is 1.88 bits per heavy atom. The molecule has 40 heavy (non-hydrogen) atoms. The molecule has 1 aromatic rings. The first-order chi connectivity index (χ1) is 18.2. The molecule has 0 fully saturated rings. The van der Waals surface area contributed by atoms with Gasteiger partial charge in [-0.3, -0.25) is 9.41 Å². The van der Waals surface area contributed by atoms with Gasteiger partial charge in [0.05, 0.1) is 0 Å². The maximum Gasteiger partial charge on any atom is 0.0251 e. The van der Waals surface area contributed by atoms with Crippen molar-refractivity contribution in [3.63, 3.8) is 0 Å². The molecule has 0 aromatic heterocycles. The molecule has 0 heterocycles. The van der Waals surface area contributed by atoms with Gasteiger partial charge < -0.3 is 0 Å². The standard InChI is InChI=1S/C36H59.C2H6.2FH/c1-10-12-16-30(15-11-2)23-29(9)24-33-25-31(36-18-14-13-17-34(36)28(7)8)19-20-35(33)32(21-26(3)4)22-27(5)6;1-2;;/h13-14,17-20,25-32H,10-12,15-16,21-24H2,1-9H3;1-2H3;2*1H. The Hall–Kier alpha value is -1.44. The normalized spacial score (nSPS) is 16.8. The van der Waals surface area contributed by atoms with Crippen molar-refractivity contribution in [3.05, 3.63) is 65.1 Å². The molecule has 0 nitrogen and oxygen atoms in total. The highest BCUT2D eigenvalue weighted by Crippen LogP contribution is 2.43. The fraction of sp³-hybridized carbons (Fsp3) is 0.711. The smallest absolute Gasteiger partial charge is 0.0251 e. The van der Waals surface area contributed by atoms with Crippen LogP contribution in [0.25, 0.3) is 0 Å². The summed E-state index contributed by atoms with van der Waals surface area (Å²) in [6, 6.07) is 9.15. The van der Waals surface area contributed by atoms with E-state index < -0.39 is 0 Å². The van der Waals surface area contributed by atoms with Gasteiger partial charge in [-0.25, -0.2) is 0 Å². The number of hydrogen-bond donors (Lipinski definition) is 0. The molecular weight excluding hydrogens is 494 g/mol. The minimum Gasteiger partial charge on any atom is -0.269 e. The highest BCUT2D eigenvalue weighted by Gasteiger charge is 2.30. The molecule has 1 aliphatic carbocycles. The Kier molecular flexibility index (Phi) is 22.6. The van der Waals surface area contributed by atoms with Crippen molar-refractivity contribution in [1.82, 2.24) is 0 Å². The number of allylic oxidation sites excluding steroid dienone is 4. The fourth-order valence-corrected chi connectivity index (χ4v) is 6.60. The van der Waals surface area contributed by atoms with E-state index in [1.54, 1.807) is 11.5 Å². The predicted molar refractivity (Wildman–Crippen MR) is 179 cm³/mol. The summed E-state index contributed by atoms with van der Waals surface area (Å²) in [5.41, 5.74) is 4.66. The van der Waals surface area contributed by atoms with Crippen molar-refractivity contribution < 1.29 is 9.41 Å². The zero-order valence-corrected chi connectivity index (χ0v) is 28.3. The van der Waals surface area contributed by atoms with Crippen LogP contribution in [0.3, 0.4) is 0 Å². The molecule has 233 valence electrons. The van der Waals surface area contributed by atoms with Crippen LogP contribution in [0.1, 0.15) is 157 Å². The second-order valence-electron chi connectivity index (χ2n) is 13.1. The molecule has 0 aliphatic heterocycles. The summed E-state index contributed by atoms with van der Waals surface area (Å²) >= 11 is 0. The number of hydrogen-bond acceptors (Lipinski definition) is 0. The van der Waals surface area contributed by atoms with E-state index in [9.17, 15) is 0 Å². The first-order valence-corrected chi connectivity index (χ1v) is 16.5. The Bertz CT molecular complexity index is 793. The van der Waals surface area contributed by atoms with Crippen LogP contribution in [0.4, 0.5) is 9.41 Å². The summed E-state index contributed by atoms with van der Waals surface area (Å²) in [5.74, 6) is 6.39. The largest absolute Gasteiger partial charge is 0.269 e. The molecular formula is C38H67F2. The van der Waals surface area contributed by atoms with Crippen LogP contribution in [0.15, 0.2) is 48.1 Å². The van der Waals surface area contributed by atoms with Crippen LogP contribution in [0, 0.1) is 35.5 Å². The molecule has 1 aliphatic rings. The van der Waals surface area contributed by atoms with Crippen LogP contribution < -0.4 is 0 Å². The number of halogens is 2. The third kappa shape index (κ3) is 14.0. The summed E-state index contributed by atoms with van der Waals surface area (Å²) in [6.45, 7) is 25.5. The van der Waals surface area contributed by atoms with Crippen molar-refractivity contribution in [2.24, 2.45) is 29.6 Å². The number of rotatable bonds is 16. The second-order valence-corrected chi connectivity index (χ2v) is 13.1. The van der Waals surface area contributed by atoms with E-state index in [1.165, 1.54) is 68.9 Å². The molecule has 0 spiro atoms. The molecule has 0 amide bonds. The molecule has 2 rings (SSSR count). The Labute approximate surface area is 249 Å². The first-order valence-electron chi connectivity index (χ1n) is 16.5. The van der Waals surface area contributed by atoms with Crippen molar-refractivity contribution in [3.8, 4) is 0 Å². The molecule has 0 bridgehead atoms. The average molecular weight is 562 g/mol. The summed E-state index contributed by atoms with van der Waals surface area (Å²) < 4.78 is 0. The molecule has 0 N–H and O–H groups in total. The Morgan fingerprint density at radius 2 is 1.35 bits per heavy atom. The SMILES string of the molecule is CC.CCCCC(CCC)CC(C)CC1=CC(c2ccccc2C(C)C)C=C[C]1C(CC(C)C)CC(C)C.F.F. The molecule has 0 saturated heterocycles. The lowest BCUT2D eigenvalue weighted by Crippen LogP contribution is -2.22. The van der Waals surface area contributed by atoms with Gasteiger partial charge >= 0.3 is 0 Å². The zero-order chi connectivity index (χ0) is 28.7. The maximum absolute atomic E-state index is 2.67. The topological polar surface area (TPSA) is 0 Å². The van der Waals surface area contributed by atoms with Crippen LogP contribution in [-0.2, 0) is 0 Å². The third-order valence-corrected chi connectivity index (χ3v) is 8.13. The lowest BCUT2D eigenvalue weighted by atomic mass is 9.70. The molecule has 1 radical (unpaired) electrons. The van der Waals surface area contributed by atoms with E-state index in [1.807, 2.05) is 13.8 Å². The highest BCUT2D eigenvalue weighted by atomic mass is 19.0. The summed E-state index contributed by atoms with van der Waals surface area (Å²) in [6.07, 6.45) is 19.8. The zero-order valence-electron chi connectivity index (χ0n) is 28.3. The van der Waals surface area contributed by atoms with Crippen LogP contribution >= 0.6 is 0 Å². The van der Waals surface area contributed by atoms with Gasteiger partial charge in [0, 0.05) is 11.8 Å². The summed E-state index contributed by atoms with van der Waals surface area (Å²) in [5, 5.41) is 0. The Morgan fingerprint density at radius 1 is 0.750 bits per heavy atom. The number of benzene rings is 1. The monoisotopic (exact) mass is 562 g/mol. The lowest BCUT2D eigenvalue weighted by Gasteiger charge is -2.34. The van der Waals surface area contributed by atoms with E-state index in [0.29, 0.717) is 17.8 Å². The molecule has 2 heteroatoms. The van der Waals surface area contributed by atoms with Gasteiger partial charge in [0.1, 0.15) is 0 Å². The molecule has 1 aromatic carbocycles. The van der Waals surface area contributed by atoms with Crippen molar-refractivity contribution in [2.45, 2.75) is 146 Å².